The molecule has 2 amide bonds. The van der Waals surface area contributed by atoms with Gasteiger partial charge in [-0.3, -0.25) is 14.8 Å². The molecule has 140 valence electrons. The number of carbonyl (C=O) groups is 2. The molecular formula is C18H23N3O4S. The molecule has 2 aromatic rings. The van der Waals surface area contributed by atoms with Crippen molar-refractivity contribution < 1.29 is 19.9 Å². The molecule has 0 bridgehead atoms. The minimum Gasteiger partial charge on any atom is -0.391 e. The van der Waals surface area contributed by atoms with E-state index in [0.29, 0.717) is 0 Å². The molecule has 2 rings (SSSR count). The number of hydroxylamine groups is 1. The molecule has 8 heteroatoms. The van der Waals surface area contributed by atoms with E-state index in [2.05, 4.69) is 10.3 Å². The highest BCUT2D eigenvalue weighted by molar-refractivity contribution is 7.98. The van der Waals surface area contributed by atoms with Crippen molar-refractivity contribution in [1.29, 1.82) is 0 Å². The van der Waals surface area contributed by atoms with Gasteiger partial charge >= 0.3 is 0 Å². The Hall–Kier alpha value is -2.42. The molecule has 0 unspecified atom stereocenters. The van der Waals surface area contributed by atoms with Gasteiger partial charge in [0.1, 0.15) is 6.04 Å². The highest BCUT2D eigenvalue weighted by Crippen LogP contribution is 2.20. The standard InChI is InChI=1S/C17H19N3O4S.CH4/c1-11(21)15(17(23)20-24)19-16(22)13-7-8-14(18-9-13)25-10-12-5-3-2-4-6-12;/h2-9,11,15,21,24H,10H2,1H3,(H,19,22)(H,20,23);1H4/t11-,15+;/m1./s1. The van der Waals surface area contributed by atoms with E-state index in [-0.39, 0.29) is 13.0 Å². The van der Waals surface area contributed by atoms with Crippen LogP contribution in [0.1, 0.15) is 30.3 Å². The molecule has 4 N–H and O–H groups in total. The number of hydrogen-bond donors (Lipinski definition) is 4. The second-order valence-corrected chi connectivity index (χ2v) is 6.32. The first kappa shape index (κ1) is 21.6. The van der Waals surface area contributed by atoms with Gasteiger partial charge in [-0.25, -0.2) is 10.5 Å². The summed E-state index contributed by atoms with van der Waals surface area (Å²) in [5.41, 5.74) is 2.83. The second-order valence-electron chi connectivity index (χ2n) is 5.33. The second kappa shape index (κ2) is 10.5. The van der Waals surface area contributed by atoms with Crippen LogP contribution < -0.4 is 10.8 Å². The number of rotatable bonds is 7. The largest absolute Gasteiger partial charge is 0.391 e. The van der Waals surface area contributed by atoms with Gasteiger partial charge in [-0.15, -0.1) is 11.8 Å². The summed E-state index contributed by atoms with van der Waals surface area (Å²) < 4.78 is 0. The minimum absolute atomic E-state index is 0. The van der Waals surface area contributed by atoms with Crippen LogP contribution in [0.25, 0.3) is 0 Å². The van der Waals surface area contributed by atoms with Gasteiger partial charge in [-0.1, -0.05) is 37.8 Å². The fraction of sp³-hybridized carbons (Fsp3) is 0.278. The molecule has 0 aliphatic rings. The number of aromatic nitrogens is 1. The average Bonchev–Trinajstić information content (AvgIpc) is 2.64. The summed E-state index contributed by atoms with van der Waals surface area (Å²) in [6.45, 7) is 1.34. The van der Waals surface area contributed by atoms with E-state index in [9.17, 15) is 14.7 Å². The van der Waals surface area contributed by atoms with E-state index in [1.807, 2.05) is 30.3 Å². The van der Waals surface area contributed by atoms with Gasteiger partial charge in [0.05, 0.1) is 16.7 Å². The van der Waals surface area contributed by atoms with E-state index < -0.39 is 24.0 Å². The van der Waals surface area contributed by atoms with E-state index in [1.165, 1.54) is 24.2 Å². The van der Waals surface area contributed by atoms with E-state index in [0.717, 1.165) is 10.8 Å². The molecule has 2 atom stereocenters. The lowest BCUT2D eigenvalue weighted by atomic mass is 10.1. The summed E-state index contributed by atoms with van der Waals surface area (Å²) in [4.78, 5) is 27.8. The maximum atomic E-state index is 12.1. The maximum Gasteiger partial charge on any atom is 0.268 e. The Kier molecular flexibility index (Phi) is 8.77. The van der Waals surface area contributed by atoms with Crippen molar-refractivity contribution in [3.8, 4) is 0 Å². The fourth-order valence-electron chi connectivity index (χ4n) is 2.03. The Morgan fingerprint density at radius 2 is 1.88 bits per heavy atom. The third kappa shape index (κ3) is 6.14. The van der Waals surface area contributed by atoms with Gasteiger partial charge in [0.25, 0.3) is 11.8 Å². The molecule has 1 heterocycles. The first-order valence-electron chi connectivity index (χ1n) is 7.57. The molecule has 1 aromatic heterocycles. The number of pyridine rings is 1. The van der Waals surface area contributed by atoms with Gasteiger partial charge in [0.15, 0.2) is 0 Å². The number of nitrogens with one attached hydrogen (secondary N) is 2. The quantitative estimate of drug-likeness (QED) is 0.334. The molecule has 0 saturated carbocycles. The smallest absolute Gasteiger partial charge is 0.268 e. The van der Waals surface area contributed by atoms with Crippen molar-refractivity contribution in [2.45, 2.75) is 37.3 Å². The van der Waals surface area contributed by atoms with Gasteiger partial charge < -0.3 is 10.4 Å². The van der Waals surface area contributed by atoms with Gasteiger partial charge in [-0.05, 0) is 24.6 Å². The number of hydrogen-bond acceptors (Lipinski definition) is 6. The number of aliphatic hydroxyl groups is 1. The van der Waals surface area contributed by atoms with Crippen molar-refractivity contribution in [2.24, 2.45) is 0 Å². The number of carbonyl (C=O) groups excluding carboxylic acids is 2. The summed E-state index contributed by atoms with van der Waals surface area (Å²) in [6.07, 6.45) is 0.239. The van der Waals surface area contributed by atoms with Crippen LogP contribution >= 0.6 is 11.8 Å². The normalized spacial score (nSPS) is 12.4. The fourth-order valence-corrected chi connectivity index (χ4v) is 2.83. The number of benzene rings is 1. The lowest BCUT2D eigenvalue weighted by Crippen LogP contribution is -2.51. The van der Waals surface area contributed by atoms with Gasteiger partial charge in [-0.2, -0.15) is 0 Å². The van der Waals surface area contributed by atoms with Crippen LogP contribution in [0.2, 0.25) is 0 Å². The first-order chi connectivity index (χ1) is 12.0. The molecule has 0 radical (unpaired) electrons. The summed E-state index contributed by atoms with van der Waals surface area (Å²) >= 11 is 1.54. The topological polar surface area (TPSA) is 112 Å². The lowest BCUT2D eigenvalue weighted by molar-refractivity contribution is -0.133. The molecule has 26 heavy (non-hydrogen) atoms. The van der Waals surface area contributed by atoms with Crippen molar-refractivity contribution in [3.63, 3.8) is 0 Å². The molecular weight excluding hydrogens is 354 g/mol. The van der Waals surface area contributed by atoms with Crippen LogP contribution in [-0.2, 0) is 10.5 Å². The number of aliphatic hydroxyl groups excluding tert-OH is 1. The average molecular weight is 377 g/mol. The first-order valence-corrected chi connectivity index (χ1v) is 8.55. The van der Waals surface area contributed by atoms with Crippen LogP contribution in [0, 0.1) is 0 Å². The van der Waals surface area contributed by atoms with Crippen molar-refractivity contribution in [3.05, 3.63) is 59.8 Å². The Bertz CT molecular complexity index is 708. The zero-order valence-corrected chi connectivity index (χ0v) is 14.4. The zero-order chi connectivity index (χ0) is 18.2. The van der Waals surface area contributed by atoms with Crippen LogP contribution in [0.3, 0.4) is 0 Å². The van der Waals surface area contributed by atoms with Crippen LogP contribution in [-0.4, -0.2) is 39.3 Å². The van der Waals surface area contributed by atoms with Crippen LogP contribution in [0.5, 0.6) is 0 Å². The number of thioether (sulfide) groups is 1. The van der Waals surface area contributed by atoms with E-state index in [1.54, 1.807) is 23.9 Å². The highest BCUT2D eigenvalue weighted by Gasteiger charge is 2.25. The predicted octanol–water partition coefficient (Wildman–Crippen LogP) is 1.99. The van der Waals surface area contributed by atoms with Gasteiger partial charge in [0, 0.05) is 11.9 Å². The summed E-state index contributed by atoms with van der Waals surface area (Å²) in [5.74, 6) is -0.701. The highest BCUT2D eigenvalue weighted by atomic mass is 32.2. The van der Waals surface area contributed by atoms with Gasteiger partial charge in [0.2, 0.25) is 0 Å². The molecule has 0 fully saturated rings. The molecule has 1 aromatic carbocycles. The van der Waals surface area contributed by atoms with Crippen molar-refractivity contribution in [1.82, 2.24) is 15.8 Å². The van der Waals surface area contributed by atoms with Crippen LogP contribution in [0.15, 0.2) is 53.7 Å². The zero-order valence-electron chi connectivity index (χ0n) is 13.5. The summed E-state index contributed by atoms with van der Waals surface area (Å²) in [5, 5.41) is 21.3. The van der Waals surface area contributed by atoms with Crippen molar-refractivity contribution in [2.75, 3.05) is 0 Å². The molecule has 0 aliphatic carbocycles. The molecule has 7 nitrogen and oxygen atoms in total. The monoisotopic (exact) mass is 377 g/mol. The van der Waals surface area contributed by atoms with E-state index in [4.69, 9.17) is 5.21 Å². The number of nitrogens with zero attached hydrogens (tertiary/aromatic N) is 1. The van der Waals surface area contributed by atoms with E-state index >= 15 is 0 Å². The Morgan fingerprint density at radius 3 is 2.42 bits per heavy atom. The SMILES string of the molecule is C.C[C@@H](O)[C@H](NC(=O)c1ccc(SCc2ccccc2)nc1)C(=O)NO. The van der Waals surface area contributed by atoms with Crippen LogP contribution in [0.4, 0.5) is 0 Å². The predicted molar refractivity (Wildman–Crippen MR) is 99.8 cm³/mol. The lowest BCUT2D eigenvalue weighted by Gasteiger charge is -2.19. The minimum atomic E-state index is -1.26. The third-order valence-electron chi connectivity index (χ3n) is 3.39. The summed E-state index contributed by atoms with van der Waals surface area (Å²) in [7, 11) is 0. The summed E-state index contributed by atoms with van der Waals surface area (Å²) in [6, 6.07) is 12.0. The molecule has 0 saturated heterocycles. The number of amides is 2. The Morgan fingerprint density at radius 1 is 1.19 bits per heavy atom. The van der Waals surface area contributed by atoms with Crippen molar-refractivity contribution >= 4 is 23.6 Å². The molecule has 0 aliphatic heterocycles. The Labute approximate surface area is 156 Å². The Balaban J connectivity index is 0.00000338. The third-order valence-corrected chi connectivity index (χ3v) is 4.40. The maximum absolute atomic E-state index is 12.1. The molecule has 0 spiro atoms.